The Balaban J connectivity index is 2.64. The van der Waals surface area contributed by atoms with E-state index in [4.69, 9.17) is 0 Å². The van der Waals surface area contributed by atoms with Crippen LogP contribution in [0.1, 0.15) is 30.4 Å². The number of aldehydes is 1. The summed E-state index contributed by atoms with van der Waals surface area (Å²) in [6, 6.07) is 4.16. The number of hydrogen-bond donors (Lipinski definition) is 0. The van der Waals surface area contributed by atoms with Gasteiger partial charge in [0.1, 0.15) is 0 Å². The summed E-state index contributed by atoms with van der Waals surface area (Å²) in [5.74, 6) is 2.19. The summed E-state index contributed by atoms with van der Waals surface area (Å²) in [5, 5.41) is 0. The molecule has 0 aliphatic rings. The van der Waals surface area contributed by atoms with E-state index in [1.807, 2.05) is 34.7 Å². The van der Waals surface area contributed by atoms with E-state index in [0.29, 0.717) is 6.04 Å². The van der Waals surface area contributed by atoms with Crippen LogP contribution >= 0.6 is 11.8 Å². The number of hydrogen-bond acceptors (Lipinski definition) is 2. The number of nitrogens with zero attached hydrogens (tertiary/aromatic N) is 1. The molecule has 0 saturated heterocycles. The molecule has 1 atom stereocenters. The highest BCUT2D eigenvalue weighted by atomic mass is 32.2. The molecule has 1 aromatic rings. The molecule has 72 valence electrons. The Bertz CT molecular complexity index is 270. The van der Waals surface area contributed by atoms with Crippen molar-refractivity contribution in [2.45, 2.75) is 19.9 Å². The Kier molecular flexibility index (Phi) is 4.09. The smallest absolute Gasteiger partial charge is 0.166 e. The number of aromatic nitrogens is 1. The second-order valence-electron chi connectivity index (χ2n) is 2.97. The molecule has 0 aliphatic carbocycles. The molecule has 0 spiro atoms. The van der Waals surface area contributed by atoms with Gasteiger partial charge in [0, 0.05) is 18.0 Å². The molecule has 1 heterocycles. The predicted octanol–water partition coefficient (Wildman–Crippen LogP) is 2.61. The van der Waals surface area contributed by atoms with Crippen molar-refractivity contribution in [1.29, 1.82) is 0 Å². The molecule has 1 rings (SSSR count). The van der Waals surface area contributed by atoms with Crippen molar-refractivity contribution < 1.29 is 4.79 Å². The molecule has 0 fully saturated rings. The minimum absolute atomic E-state index is 0.403. The summed E-state index contributed by atoms with van der Waals surface area (Å²) < 4.78 is 2.02. The van der Waals surface area contributed by atoms with Crippen molar-refractivity contribution in [3.63, 3.8) is 0 Å². The largest absolute Gasteiger partial charge is 0.342 e. The fourth-order valence-corrected chi connectivity index (χ4v) is 2.01. The van der Waals surface area contributed by atoms with E-state index < -0.39 is 0 Å². The number of carbonyl (C=O) groups excluding carboxylic acids is 1. The van der Waals surface area contributed by atoms with Gasteiger partial charge in [0.05, 0.1) is 5.69 Å². The van der Waals surface area contributed by atoms with E-state index in [-0.39, 0.29) is 0 Å². The lowest BCUT2D eigenvalue weighted by Gasteiger charge is -2.14. The first-order valence-electron chi connectivity index (χ1n) is 4.49. The zero-order valence-electron chi connectivity index (χ0n) is 8.06. The van der Waals surface area contributed by atoms with Crippen molar-refractivity contribution >= 4 is 18.0 Å². The van der Waals surface area contributed by atoms with Crippen LogP contribution in [0.5, 0.6) is 0 Å². The zero-order valence-corrected chi connectivity index (χ0v) is 8.88. The van der Waals surface area contributed by atoms with Gasteiger partial charge in [-0.3, -0.25) is 4.79 Å². The van der Waals surface area contributed by atoms with Crippen molar-refractivity contribution in [2.75, 3.05) is 11.5 Å². The van der Waals surface area contributed by atoms with Crippen LogP contribution in [0.15, 0.2) is 18.3 Å². The maximum Gasteiger partial charge on any atom is 0.166 e. The van der Waals surface area contributed by atoms with Crippen molar-refractivity contribution in [3.05, 3.63) is 24.0 Å². The zero-order chi connectivity index (χ0) is 9.68. The van der Waals surface area contributed by atoms with Crippen LogP contribution in [0.25, 0.3) is 0 Å². The molecular weight excluding hydrogens is 182 g/mol. The first-order valence-corrected chi connectivity index (χ1v) is 5.64. The second-order valence-corrected chi connectivity index (χ2v) is 4.29. The topological polar surface area (TPSA) is 22.0 Å². The van der Waals surface area contributed by atoms with E-state index >= 15 is 0 Å². The van der Waals surface area contributed by atoms with Gasteiger partial charge in [-0.25, -0.2) is 0 Å². The normalized spacial score (nSPS) is 12.8. The van der Waals surface area contributed by atoms with Gasteiger partial charge in [0.15, 0.2) is 6.29 Å². The van der Waals surface area contributed by atoms with Crippen molar-refractivity contribution in [3.8, 4) is 0 Å². The van der Waals surface area contributed by atoms with Gasteiger partial charge in [0.25, 0.3) is 0 Å². The standard InChI is InChI=1S/C10H15NOS/c1-3-13-8-9(2)11-6-4-5-10(11)7-12/h4-7,9H,3,8H2,1-2H3. The summed E-state index contributed by atoms with van der Waals surface area (Å²) in [5.41, 5.74) is 0.768. The molecule has 2 nitrogen and oxygen atoms in total. The number of thioether (sulfide) groups is 1. The maximum absolute atomic E-state index is 10.6. The van der Waals surface area contributed by atoms with Crippen LogP contribution in [0.2, 0.25) is 0 Å². The number of rotatable bonds is 5. The predicted molar refractivity (Wildman–Crippen MR) is 57.5 cm³/mol. The highest BCUT2D eigenvalue weighted by molar-refractivity contribution is 7.99. The molecular formula is C10H15NOS. The summed E-state index contributed by atoms with van der Waals surface area (Å²) in [7, 11) is 0. The molecule has 0 N–H and O–H groups in total. The van der Waals surface area contributed by atoms with Crippen LogP contribution in [-0.2, 0) is 0 Å². The van der Waals surface area contributed by atoms with Gasteiger partial charge in [-0.15, -0.1) is 0 Å². The minimum Gasteiger partial charge on any atom is -0.342 e. The van der Waals surface area contributed by atoms with Crippen LogP contribution < -0.4 is 0 Å². The van der Waals surface area contributed by atoms with Crippen molar-refractivity contribution in [2.24, 2.45) is 0 Å². The molecule has 0 bridgehead atoms. The fourth-order valence-electron chi connectivity index (χ4n) is 1.28. The van der Waals surface area contributed by atoms with Crippen LogP contribution in [0.4, 0.5) is 0 Å². The Morgan fingerprint density at radius 1 is 1.69 bits per heavy atom. The van der Waals surface area contributed by atoms with Gasteiger partial charge >= 0.3 is 0 Å². The molecule has 3 heteroatoms. The van der Waals surface area contributed by atoms with E-state index in [0.717, 1.165) is 23.5 Å². The summed E-state index contributed by atoms with van der Waals surface area (Å²) in [6.45, 7) is 4.28. The van der Waals surface area contributed by atoms with Gasteiger partial charge in [-0.2, -0.15) is 11.8 Å². The Morgan fingerprint density at radius 2 is 2.46 bits per heavy atom. The molecule has 0 amide bonds. The third-order valence-electron chi connectivity index (χ3n) is 1.97. The highest BCUT2D eigenvalue weighted by Gasteiger charge is 2.06. The minimum atomic E-state index is 0.403. The SMILES string of the molecule is CCSCC(C)n1cccc1C=O. The van der Waals surface area contributed by atoms with Gasteiger partial charge in [-0.05, 0) is 24.8 Å². The Labute approximate surface area is 83.3 Å². The number of carbonyl (C=O) groups is 1. The molecule has 1 unspecified atom stereocenters. The van der Waals surface area contributed by atoms with Crippen molar-refractivity contribution in [1.82, 2.24) is 4.57 Å². The average Bonchev–Trinajstić information content (AvgIpc) is 2.61. The maximum atomic E-state index is 10.6. The first kappa shape index (κ1) is 10.4. The lowest BCUT2D eigenvalue weighted by molar-refractivity contribution is 0.111. The van der Waals surface area contributed by atoms with Gasteiger partial charge in [0.2, 0.25) is 0 Å². The Morgan fingerprint density at radius 3 is 3.08 bits per heavy atom. The molecule has 1 aromatic heterocycles. The summed E-state index contributed by atoms with van der Waals surface area (Å²) >= 11 is 1.90. The third kappa shape index (κ3) is 2.62. The fraction of sp³-hybridized carbons (Fsp3) is 0.500. The lowest BCUT2D eigenvalue weighted by atomic mass is 10.3. The van der Waals surface area contributed by atoms with E-state index in [1.54, 1.807) is 0 Å². The Hall–Kier alpha value is -0.700. The lowest BCUT2D eigenvalue weighted by Crippen LogP contribution is -2.09. The van der Waals surface area contributed by atoms with E-state index in [2.05, 4.69) is 13.8 Å². The molecule has 0 aromatic carbocycles. The van der Waals surface area contributed by atoms with E-state index in [1.165, 1.54) is 0 Å². The monoisotopic (exact) mass is 197 g/mol. The summed E-state index contributed by atoms with van der Waals surface area (Å²) in [6.07, 6.45) is 2.87. The highest BCUT2D eigenvalue weighted by Crippen LogP contribution is 2.15. The molecule has 13 heavy (non-hydrogen) atoms. The van der Waals surface area contributed by atoms with Gasteiger partial charge < -0.3 is 4.57 Å². The van der Waals surface area contributed by atoms with E-state index in [9.17, 15) is 4.79 Å². The van der Waals surface area contributed by atoms with Crippen LogP contribution in [0, 0.1) is 0 Å². The molecule has 0 radical (unpaired) electrons. The first-order chi connectivity index (χ1) is 6.29. The average molecular weight is 197 g/mol. The quantitative estimate of drug-likeness (QED) is 0.677. The molecule has 0 aliphatic heterocycles. The molecule has 0 saturated carbocycles. The van der Waals surface area contributed by atoms with Gasteiger partial charge in [-0.1, -0.05) is 6.92 Å². The van der Waals surface area contributed by atoms with Crippen LogP contribution in [0.3, 0.4) is 0 Å². The summed E-state index contributed by atoms with van der Waals surface area (Å²) in [4.78, 5) is 10.6. The third-order valence-corrected chi connectivity index (χ3v) is 3.10. The second kappa shape index (κ2) is 5.12. The van der Waals surface area contributed by atoms with Crippen LogP contribution in [-0.4, -0.2) is 22.4 Å².